The number of amides is 2. The first-order valence-electron chi connectivity index (χ1n) is 7.49. The summed E-state index contributed by atoms with van der Waals surface area (Å²) in [7, 11) is 0. The molecule has 0 saturated heterocycles. The van der Waals surface area contributed by atoms with Crippen LogP contribution in [0.25, 0.3) is 0 Å². The number of aromatic nitrogens is 2. The lowest BCUT2D eigenvalue weighted by atomic mass is 10.1. The molecule has 12 heteroatoms. The molecule has 1 heterocycles. The number of carbonyl (C=O) groups excluding carboxylic acids is 2. The first-order chi connectivity index (χ1) is 12.8. The summed E-state index contributed by atoms with van der Waals surface area (Å²) in [5.74, 6) is -0.548. The number of nitrogens with one attached hydrogen (secondary N) is 2. The number of rotatable bonds is 8. The normalized spacial score (nSPS) is 12.1. The average molecular weight is 455 g/mol. The number of nitrogens with zero attached hydrogens (tertiary/aromatic N) is 2. The van der Waals surface area contributed by atoms with E-state index in [9.17, 15) is 18.4 Å². The molecule has 0 aliphatic heterocycles. The van der Waals surface area contributed by atoms with E-state index in [0.717, 1.165) is 0 Å². The van der Waals surface area contributed by atoms with Crippen molar-refractivity contribution in [3.8, 4) is 0 Å². The van der Waals surface area contributed by atoms with Crippen LogP contribution in [0.3, 0.4) is 0 Å². The highest BCUT2D eigenvalue weighted by atomic mass is 35.5. The third-order valence-electron chi connectivity index (χ3n) is 3.27. The molecular weight excluding hydrogens is 441 g/mol. The Morgan fingerprint density at radius 3 is 2.63 bits per heavy atom. The second-order valence-corrected chi connectivity index (χ2v) is 8.01. The van der Waals surface area contributed by atoms with Crippen molar-refractivity contribution >= 4 is 63.2 Å². The van der Waals surface area contributed by atoms with E-state index >= 15 is 0 Å². The van der Waals surface area contributed by atoms with Crippen LogP contribution < -0.4 is 10.6 Å². The topological polar surface area (TPSA) is 84.0 Å². The van der Waals surface area contributed by atoms with Crippen LogP contribution in [0, 0.1) is 0 Å². The van der Waals surface area contributed by atoms with E-state index in [1.54, 1.807) is 0 Å². The Bertz CT molecular complexity index is 823. The summed E-state index contributed by atoms with van der Waals surface area (Å²) in [6.07, 6.45) is -0.594. The van der Waals surface area contributed by atoms with Gasteiger partial charge in [-0.15, -0.1) is 10.2 Å². The lowest BCUT2D eigenvalue weighted by molar-refractivity contribution is -0.118. The number of halogens is 4. The van der Waals surface area contributed by atoms with Gasteiger partial charge in [-0.05, 0) is 36.6 Å². The van der Waals surface area contributed by atoms with Crippen molar-refractivity contribution in [1.29, 1.82) is 0 Å². The van der Waals surface area contributed by atoms with Gasteiger partial charge in [0.15, 0.2) is 5.01 Å². The molecule has 27 heavy (non-hydrogen) atoms. The number of alkyl halides is 2. The Morgan fingerprint density at radius 2 is 2.04 bits per heavy atom. The Morgan fingerprint density at radius 1 is 1.30 bits per heavy atom. The quantitative estimate of drug-likeness (QED) is 0.621. The number of hydrogen-bond donors (Lipinski definition) is 2. The van der Waals surface area contributed by atoms with Gasteiger partial charge in [0.25, 0.3) is 12.3 Å². The molecule has 0 aliphatic carbocycles. The third-order valence-corrected chi connectivity index (χ3v) is 5.30. The second-order valence-electron chi connectivity index (χ2n) is 5.17. The summed E-state index contributed by atoms with van der Waals surface area (Å²) < 4.78 is 25.2. The van der Waals surface area contributed by atoms with E-state index in [4.69, 9.17) is 23.2 Å². The minimum absolute atomic E-state index is 0.0665. The highest BCUT2D eigenvalue weighted by Crippen LogP contribution is 2.25. The van der Waals surface area contributed by atoms with E-state index < -0.39 is 29.3 Å². The molecule has 0 fully saturated rings. The fourth-order valence-corrected chi connectivity index (χ4v) is 3.55. The van der Waals surface area contributed by atoms with Gasteiger partial charge in [-0.25, -0.2) is 8.78 Å². The van der Waals surface area contributed by atoms with Gasteiger partial charge in [0.05, 0.1) is 10.6 Å². The molecular formula is C15H14Cl2F2N4O2S2. The van der Waals surface area contributed by atoms with Gasteiger partial charge in [0.1, 0.15) is 6.04 Å². The highest BCUT2D eigenvalue weighted by Gasteiger charge is 2.24. The van der Waals surface area contributed by atoms with Crippen LogP contribution in [0.5, 0.6) is 0 Å². The largest absolute Gasteiger partial charge is 0.340 e. The lowest BCUT2D eigenvalue weighted by Crippen LogP contribution is -2.44. The number of thioether (sulfide) groups is 1. The summed E-state index contributed by atoms with van der Waals surface area (Å²) in [6.45, 7) is 0. The predicted molar refractivity (Wildman–Crippen MR) is 104 cm³/mol. The second kappa shape index (κ2) is 10.2. The van der Waals surface area contributed by atoms with Crippen LogP contribution in [0.15, 0.2) is 18.2 Å². The summed E-state index contributed by atoms with van der Waals surface area (Å²) in [6, 6.07) is 3.47. The van der Waals surface area contributed by atoms with Crippen LogP contribution >= 0.6 is 46.3 Å². The van der Waals surface area contributed by atoms with Crippen molar-refractivity contribution in [3.05, 3.63) is 38.8 Å². The van der Waals surface area contributed by atoms with Crippen LogP contribution in [0.2, 0.25) is 10.0 Å². The summed E-state index contributed by atoms with van der Waals surface area (Å²) in [5, 5.41) is 11.8. The molecule has 1 aromatic carbocycles. The standard InChI is InChI=1S/C15H14Cl2F2N4O2S2/c1-26-5-4-10(13(25)21-15-23-22-14(27-15)11(18)19)20-12(24)8-3-2-7(16)6-9(8)17/h2-3,6,10-11H,4-5H2,1H3,(H,20,24)(H,21,23,25). The van der Waals surface area contributed by atoms with Crippen LogP contribution in [-0.2, 0) is 4.79 Å². The zero-order valence-corrected chi connectivity index (χ0v) is 17.0. The van der Waals surface area contributed by atoms with E-state index in [-0.39, 0.29) is 15.7 Å². The van der Waals surface area contributed by atoms with E-state index in [1.807, 2.05) is 6.26 Å². The molecule has 0 saturated carbocycles. The Hall–Kier alpha value is -1.49. The molecule has 0 bridgehead atoms. The van der Waals surface area contributed by atoms with Gasteiger partial charge >= 0.3 is 0 Å². The Kier molecular flexibility index (Phi) is 8.21. The van der Waals surface area contributed by atoms with Crippen molar-refractivity contribution in [1.82, 2.24) is 15.5 Å². The molecule has 0 aliphatic rings. The number of hydrogen-bond acceptors (Lipinski definition) is 6. The zero-order chi connectivity index (χ0) is 20.0. The maximum Gasteiger partial charge on any atom is 0.291 e. The van der Waals surface area contributed by atoms with Gasteiger partial charge < -0.3 is 5.32 Å². The van der Waals surface area contributed by atoms with Crippen molar-refractivity contribution in [2.24, 2.45) is 0 Å². The number of carbonyl (C=O) groups is 2. The van der Waals surface area contributed by atoms with Crippen molar-refractivity contribution < 1.29 is 18.4 Å². The smallest absolute Gasteiger partial charge is 0.291 e. The van der Waals surface area contributed by atoms with Gasteiger partial charge in [0.2, 0.25) is 11.0 Å². The van der Waals surface area contributed by atoms with Gasteiger partial charge in [0, 0.05) is 5.02 Å². The van der Waals surface area contributed by atoms with Crippen LogP contribution in [0.4, 0.5) is 13.9 Å². The molecule has 2 amide bonds. The maximum atomic E-state index is 12.6. The SMILES string of the molecule is CSCCC(NC(=O)c1ccc(Cl)cc1Cl)C(=O)Nc1nnc(C(F)F)s1. The van der Waals surface area contributed by atoms with E-state index in [2.05, 4.69) is 20.8 Å². The van der Waals surface area contributed by atoms with Gasteiger partial charge in [-0.1, -0.05) is 34.5 Å². The molecule has 2 aromatic rings. The first-order valence-corrected chi connectivity index (χ1v) is 10.5. The predicted octanol–water partition coefficient (Wildman–Crippen LogP) is 4.27. The zero-order valence-electron chi connectivity index (χ0n) is 13.8. The molecule has 1 unspecified atom stereocenters. The Labute approximate surface area is 172 Å². The maximum absolute atomic E-state index is 12.6. The summed E-state index contributed by atoms with van der Waals surface area (Å²) >= 11 is 13.9. The fourth-order valence-electron chi connectivity index (χ4n) is 1.98. The molecule has 0 spiro atoms. The monoisotopic (exact) mass is 454 g/mol. The van der Waals surface area contributed by atoms with E-state index in [0.29, 0.717) is 28.5 Å². The van der Waals surface area contributed by atoms with Crippen LogP contribution in [0.1, 0.15) is 28.2 Å². The fraction of sp³-hybridized carbons (Fsp3) is 0.333. The molecule has 1 atom stereocenters. The average Bonchev–Trinajstić information content (AvgIpc) is 3.07. The molecule has 146 valence electrons. The van der Waals surface area contributed by atoms with Crippen molar-refractivity contribution in [3.63, 3.8) is 0 Å². The summed E-state index contributed by atoms with van der Waals surface area (Å²) in [5.41, 5.74) is 0.166. The molecule has 2 rings (SSSR count). The number of benzene rings is 1. The van der Waals surface area contributed by atoms with Gasteiger partial charge in [-0.3, -0.25) is 14.9 Å². The van der Waals surface area contributed by atoms with E-state index in [1.165, 1.54) is 30.0 Å². The number of anilines is 1. The first kappa shape index (κ1) is 21.8. The molecule has 2 N–H and O–H groups in total. The van der Waals surface area contributed by atoms with Crippen LogP contribution in [-0.4, -0.2) is 40.1 Å². The Balaban J connectivity index is 2.10. The summed E-state index contributed by atoms with van der Waals surface area (Å²) in [4.78, 5) is 24.9. The third kappa shape index (κ3) is 6.27. The minimum atomic E-state index is -2.77. The van der Waals surface area contributed by atoms with Crippen molar-refractivity contribution in [2.45, 2.75) is 18.9 Å². The minimum Gasteiger partial charge on any atom is -0.340 e. The molecule has 6 nitrogen and oxygen atoms in total. The molecule has 0 radical (unpaired) electrons. The lowest BCUT2D eigenvalue weighted by Gasteiger charge is -2.17. The van der Waals surface area contributed by atoms with Gasteiger partial charge in [-0.2, -0.15) is 11.8 Å². The highest BCUT2D eigenvalue weighted by molar-refractivity contribution is 7.98. The molecule has 1 aromatic heterocycles. The van der Waals surface area contributed by atoms with Crippen molar-refractivity contribution in [2.75, 3.05) is 17.3 Å².